The molecule has 0 amide bonds. The lowest BCUT2D eigenvalue weighted by Crippen LogP contribution is -2.41. The van der Waals surface area contributed by atoms with Crippen LogP contribution in [0.5, 0.6) is 0 Å². The Bertz CT molecular complexity index is 496. The third kappa shape index (κ3) is 2.60. The van der Waals surface area contributed by atoms with E-state index in [1.807, 2.05) is 34.7 Å². The summed E-state index contributed by atoms with van der Waals surface area (Å²) in [6.45, 7) is 7.79. The minimum absolute atomic E-state index is 0.0817. The normalized spacial score (nSPS) is 21.9. The third-order valence-electron chi connectivity index (χ3n) is 4.18. The number of carboxylic acid groups (broad SMARTS) is 1. The highest BCUT2D eigenvalue weighted by Gasteiger charge is 2.55. The Morgan fingerprint density at radius 2 is 1.95 bits per heavy atom. The van der Waals surface area contributed by atoms with Crippen LogP contribution in [0.1, 0.15) is 45.8 Å². The largest absolute Gasteiger partial charge is 0.481 e. The maximum absolute atomic E-state index is 11.1. The molecule has 1 aliphatic rings. The van der Waals surface area contributed by atoms with Crippen LogP contribution in [0.3, 0.4) is 0 Å². The predicted octanol–water partition coefficient (Wildman–Crippen LogP) is 1.61. The summed E-state index contributed by atoms with van der Waals surface area (Å²) in [5.41, 5.74) is -0.973. The number of imidazole rings is 1. The minimum Gasteiger partial charge on any atom is -0.481 e. The first-order chi connectivity index (χ1) is 9.14. The van der Waals surface area contributed by atoms with E-state index in [0.29, 0.717) is 5.82 Å². The van der Waals surface area contributed by atoms with Crippen LogP contribution in [-0.4, -0.2) is 38.9 Å². The van der Waals surface area contributed by atoms with Gasteiger partial charge in [0.1, 0.15) is 5.82 Å². The smallest absolute Gasteiger partial charge is 0.469 e. The molecule has 110 valence electrons. The lowest BCUT2D eigenvalue weighted by molar-refractivity contribution is -0.137. The van der Waals surface area contributed by atoms with Gasteiger partial charge in [0.25, 0.3) is 0 Å². The van der Waals surface area contributed by atoms with Crippen LogP contribution in [0.2, 0.25) is 0 Å². The first-order valence-electron chi connectivity index (χ1n) is 6.69. The number of carbonyl (C=O) groups is 1. The zero-order valence-corrected chi connectivity index (χ0v) is 12.6. The Balaban J connectivity index is 2.30. The van der Waals surface area contributed by atoms with E-state index in [0.717, 1.165) is 0 Å². The predicted molar refractivity (Wildman–Crippen MR) is 74.3 cm³/mol. The maximum atomic E-state index is 11.1. The molecule has 1 unspecified atom stereocenters. The van der Waals surface area contributed by atoms with Crippen molar-refractivity contribution in [2.75, 3.05) is 0 Å². The zero-order valence-electron chi connectivity index (χ0n) is 12.6. The van der Waals surface area contributed by atoms with E-state index >= 15 is 0 Å². The summed E-state index contributed by atoms with van der Waals surface area (Å²) in [6, 6.07) is 0. The number of aromatic nitrogens is 2. The van der Waals surface area contributed by atoms with Crippen LogP contribution >= 0.6 is 0 Å². The summed E-state index contributed by atoms with van der Waals surface area (Å²) >= 11 is 0. The van der Waals surface area contributed by atoms with Crippen LogP contribution in [0.4, 0.5) is 0 Å². The van der Waals surface area contributed by atoms with Crippen LogP contribution in [-0.2, 0) is 21.2 Å². The number of hydrogen-bond donors (Lipinski definition) is 1. The van der Waals surface area contributed by atoms with Crippen molar-refractivity contribution in [1.82, 2.24) is 9.55 Å². The maximum Gasteiger partial charge on any atom is 0.469 e. The van der Waals surface area contributed by atoms with E-state index < -0.39 is 30.1 Å². The van der Waals surface area contributed by atoms with Crippen LogP contribution in [0.15, 0.2) is 12.4 Å². The van der Waals surface area contributed by atoms with Crippen molar-refractivity contribution < 1.29 is 19.2 Å². The van der Waals surface area contributed by atoms with Gasteiger partial charge in [-0.3, -0.25) is 4.79 Å². The topological polar surface area (TPSA) is 73.6 Å². The number of nitrogens with zero attached hydrogens (tertiary/aromatic N) is 2. The highest BCUT2D eigenvalue weighted by atomic mass is 16.7. The van der Waals surface area contributed by atoms with Crippen molar-refractivity contribution >= 4 is 13.1 Å². The Kier molecular flexibility index (Phi) is 3.68. The lowest BCUT2D eigenvalue weighted by atomic mass is 9.69. The van der Waals surface area contributed by atoms with E-state index in [4.69, 9.17) is 14.4 Å². The summed E-state index contributed by atoms with van der Waals surface area (Å²) in [5, 5.41) is 9.15. The van der Waals surface area contributed by atoms with Gasteiger partial charge < -0.3 is 19.0 Å². The highest BCUT2D eigenvalue weighted by molar-refractivity contribution is 6.47. The highest BCUT2D eigenvalue weighted by Crippen LogP contribution is 2.41. The average Bonchev–Trinajstić information content (AvgIpc) is 2.78. The summed E-state index contributed by atoms with van der Waals surface area (Å²) in [6.07, 6.45) is 3.35. The van der Waals surface area contributed by atoms with E-state index in [1.54, 1.807) is 17.0 Å². The average molecular weight is 280 g/mol. The molecule has 1 atom stereocenters. The molecule has 1 aromatic rings. The lowest BCUT2D eigenvalue weighted by Gasteiger charge is -2.32. The SMILES string of the molecule is Cn1ccnc1C(CC(=O)O)B1OC(C)(C)C(C)(C)O1. The van der Waals surface area contributed by atoms with Gasteiger partial charge >= 0.3 is 13.1 Å². The Morgan fingerprint density at radius 3 is 2.35 bits per heavy atom. The second kappa shape index (κ2) is 4.89. The molecule has 2 heterocycles. The molecule has 2 rings (SSSR count). The number of aryl methyl sites for hydroxylation is 1. The zero-order chi connectivity index (χ0) is 15.1. The van der Waals surface area contributed by atoms with Gasteiger partial charge in [0.05, 0.1) is 23.4 Å². The summed E-state index contributed by atoms with van der Waals surface area (Å²) in [7, 11) is 1.22. The van der Waals surface area contributed by atoms with Gasteiger partial charge in [-0.2, -0.15) is 0 Å². The number of carboxylic acids is 1. The van der Waals surface area contributed by atoms with Crippen molar-refractivity contribution in [2.24, 2.45) is 7.05 Å². The van der Waals surface area contributed by atoms with Crippen LogP contribution in [0, 0.1) is 0 Å². The molecule has 1 N–H and O–H groups in total. The third-order valence-corrected chi connectivity index (χ3v) is 4.18. The van der Waals surface area contributed by atoms with E-state index in [1.165, 1.54) is 0 Å². The Morgan fingerprint density at radius 1 is 1.40 bits per heavy atom. The molecule has 7 heteroatoms. The fourth-order valence-corrected chi connectivity index (χ4v) is 2.28. The Hall–Kier alpha value is -1.34. The molecule has 0 aliphatic carbocycles. The molecule has 0 radical (unpaired) electrons. The molecule has 0 spiro atoms. The molecule has 1 aromatic heterocycles. The molecular formula is C13H21BN2O4. The number of aliphatic carboxylic acids is 1. The summed E-state index contributed by atoms with van der Waals surface area (Å²) in [5.74, 6) is -0.674. The van der Waals surface area contributed by atoms with Gasteiger partial charge in [0, 0.05) is 19.4 Å². The van der Waals surface area contributed by atoms with Gasteiger partial charge in [0.15, 0.2) is 0 Å². The van der Waals surface area contributed by atoms with Crippen molar-refractivity contribution in [3.8, 4) is 0 Å². The van der Waals surface area contributed by atoms with Crippen molar-refractivity contribution in [2.45, 2.75) is 51.1 Å². The van der Waals surface area contributed by atoms with Crippen molar-refractivity contribution in [1.29, 1.82) is 0 Å². The fourth-order valence-electron chi connectivity index (χ4n) is 2.28. The monoisotopic (exact) mass is 280 g/mol. The molecule has 1 saturated heterocycles. The summed E-state index contributed by atoms with van der Waals surface area (Å²) < 4.78 is 13.7. The van der Waals surface area contributed by atoms with E-state index in [2.05, 4.69) is 4.98 Å². The van der Waals surface area contributed by atoms with E-state index in [9.17, 15) is 4.79 Å². The van der Waals surface area contributed by atoms with Crippen LogP contribution < -0.4 is 0 Å². The number of hydrogen-bond acceptors (Lipinski definition) is 4. The molecule has 6 nitrogen and oxygen atoms in total. The fraction of sp³-hybridized carbons (Fsp3) is 0.692. The molecule has 1 fully saturated rings. The van der Waals surface area contributed by atoms with Crippen LogP contribution in [0.25, 0.3) is 0 Å². The minimum atomic E-state index is -0.896. The van der Waals surface area contributed by atoms with Gasteiger partial charge in [0.2, 0.25) is 0 Å². The van der Waals surface area contributed by atoms with Crippen molar-refractivity contribution in [3.05, 3.63) is 18.2 Å². The second-order valence-electron chi connectivity index (χ2n) is 6.23. The number of rotatable bonds is 4. The second-order valence-corrected chi connectivity index (χ2v) is 6.23. The molecule has 0 bridgehead atoms. The quantitative estimate of drug-likeness (QED) is 0.848. The van der Waals surface area contributed by atoms with Gasteiger partial charge in [-0.15, -0.1) is 0 Å². The van der Waals surface area contributed by atoms with Gasteiger partial charge in [-0.25, -0.2) is 4.98 Å². The van der Waals surface area contributed by atoms with E-state index in [-0.39, 0.29) is 6.42 Å². The summed E-state index contributed by atoms with van der Waals surface area (Å²) in [4.78, 5) is 15.4. The molecule has 0 aromatic carbocycles. The standard InChI is InChI=1S/C13H21BN2O4/c1-12(2)13(3,4)20-14(19-12)9(8-10(17)18)11-15-6-7-16(11)5/h6-7,9H,8H2,1-5H3,(H,17,18). The van der Waals surface area contributed by atoms with Gasteiger partial charge in [-0.05, 0) is 27.7 Å². The molecule has 1 aliphatic heterocycles. The van der Waals surface area contributed by atoms with Gasteiger partial charge in [-0.1, -0.05) is 0 Å². The molecule has 20 heavy (non-hydrogen) atoms. The van der Waals surface area contributed by atoms with Crippen molar-refractivity contribution in [3.63, 3.8) is 0 Å². The first kappa shape index (κ1) is 15.1. The Labute approximate surface area is 119 Å². The molecule has 0 saturated carbocycles. The first-order valence-corrected chi connectivity index (χ1v) is 6.69. The molecular weight excluding hydrogens is 259 g/mol.